The topological polar surface area (TPSA) is 61.0 Å². The maximum Gasteiger partial charge on any atom is 0.522 e. The van der Waals surface area contributed by atoms with Crippen molar-refractivity contribution in [2.45, 2.75) is 88.4 Å². The monoisotopic (exact) mass is 449 g/mol. The number of piperidine rings is 1. The van der Waals surface area contributed by atoms with Crippen LogP contribution in [0.5, 0.6) is 0 Å². The Hall–Kier alpha value is -0.490. The number of nitrogens with zero attached hydrogens (tertiary/aromatic N) is 2. The minimum absolute atomic E-state index is 0.0788. The minimum atomic E-state index is -4.54. The lowest BCUT2D eigenvalue weighted by molar-refractivity contribution is -0.346. The first-order chi connectivity index (χ1) is 14.8. The molecule has 0 spiro atoms. The smallest absolute Gasteiger partial charge is 0.301 e. The second-order valence-electron chi connectivity index (χ2n) is 9.95. The van der Waals surface area contributed by atoms with Gasteiger partial charge in [-0.05, 0) is 71.5 Å². The van der Waals surface area contributed by atoms with Gasteiger partial charge < -0.3 is 5.32 Å². The van der Waals surface area contributed by atoms with Crippen LogP contribution in [0.2, 0.25) is 0 Å². The van der Waals surface area contributed by atoms with Crippen LogP contribution in [0, 0.1) is 11.8 Å². The van der Waals surface area contributed by atoms with Gasteiger partial charge in [0.25, 0.3) is 0 Å². The number of hydrogen-bond donors (Lipinski definition) is 3. The Morgan fingerprint density at radius 3 is 2.65 bits per heavy atom. The summed E-state index contributed by atoms with van der Waals surface area (Å²) in [5.41, 5.74) is 3.22. The highest BCUT2D eigenvalue weighted by atomic mass is 19.4. The molecule has 3 heterocycles. The van der Waals surface area contributed by atoms with Crippen molar-refractivity contribution in [2.75, 3.05) is 33.7 Å². The molecule has 3 aliphatic heterocycles. The van der Waals surface area contributed by atoms with Crippen LogP contribution in [0.3, 0.4) is 0 Å². The molecule has 4 rings (SSSR count). The summed E-state index contributed by atoms with van der Waals surface area (Å²) in [6.07, 6.45) is 2.40. The van der Waals surface area contributed by atoms with Gasteiger partial charge >= 0.3 is 6.36 Å². The number of nitrogens with one attached hydrogen (secondary N) is 3. The van der Waals surface area contributed by atoms with E-state index in [4.69, 9.17) is 4.84 Å². The summed E-state index contributed by atoms with van der Waals surface area (Å²) in [4.78, 5) is 10.6. The zero-order valence-electron chi connectivity index (χ0n) is 18.7. The first kappa shape index (κ1) is 23.7. The molecular weight excluding hydrogens is 411 g/mol. The Kier molecular flexibility index (Phi) is 7.78. The first-order valence-corrected chi connectivity index (χ1v) is 11.8. The molecule has 0 radical (unpaired) electrons. The Balaban J connectivity index is 1.25. The van der Waals surface area contributed by atoms with Crippen molar-refractivity contribution >= 4 is 0 Å². The van der Waals surface area contributed by atoms with E-state index in [0.717, 1.165) is 58.2 Å². The maximum atomic E-state index is 12.6. The van der Waals surface area contributed by atoms with Crippen molar-refractivity contribution in [3.05, 3.63) is 0 Å². The van der Waals surface area contributed by atoms with Crippen LogP contribution in [0.4, 0.5) is 13.2 Å². The van der Waals surface area contributed by atoms with E-state index in [1.54, 1.807) is 0 Å². The molecule has 0 aromatic carbocycles. The molecular formula is C21H38F3N5O2. The predicted octanol–water partition coefficient (Wildman–Crippen LogP) is 2.21. The Morgan fingerprint density at radius 2 is 1.94 bits per heavy atom. The van der Waals surface area contributed by atoms with Gasteiger partial charge in [0.1, 0.15) is 6.23 Å². The largest absolute Gasteiger partial charge is 0.522 e. The van der Waals surface area contributed by atoms with Gasteiger partial charge in [-0.1, -0.05) is 6.42 Å². The van der Waals surface area contributed by atoms with Crippen LogP contribution in [-0.2, 0) is 9.57 Å². The fourth-order valence-corrected chi connectivity index (χ4v) is 5.86. The number of alkyl halides is 3. The molecule has 3 saturated heterocycles. The molecule has 10 heteroatoms. The molecule has 0 aromatic rings. The van der Waals surface area contributed by atoms with Gasteiger partial charge in [-0.2, -0.15) is 5.48 Å². The average molecular weight is 450 g/mol. The molecule has 31 heavy (non-hydrogen) atoms. The number of halogens is 3. The first-order valence-electron chi connectivity index (χ1n) is 11.8. The van der Waals surface area contributed by atoms with Gasteiger partial charge in [-0.25, -0.2) is 0 Å². The third kappa shape index (κ3) is 6.31. The molecule has 4 aliphatic rings. The second kappa shape index (κ2) is 10.2. The van der Waals surface area contributed by atoms with E-state index >= 15 is 0 Å². The number of ether oxygens (including phenoxy) is 1. The van der Waals surface area contributed by atoms with Crippen molar-refractivity contribution in [3.8, 4) is 0 Å². The van der Waals surface area contributed by atoms with E-state index in [1.165, 1.54) is 0 Å². The normalized spacial score (nSPS) is 40.6. The van der Waals surface area contributed by atoms with Crippen molar-refractivity contribution < 1.29 is 22.7 Å². The standard InChI is InChI=1S/C21H38F3N5O2/c1-28(2)18-9-8-15(12-25-18)19-26-20(31-27-19)17-7-4-10-29(17)13-14-5-3-6-16(11-14)30-21(22,23)24/h14-20,25-27H,3-13H2,1-2H3/t14?,15?,16?,17-,18?,19?,20?/m1/s1. The molecule has 4 fully saturated rings. The summed E-state index contributed by atoms with van der Waals surface area (Å²) in [6.45, 7) is 2.75. The van der Waals surface area contributed by atoms with E-state index in [9.17, 15) is 13.2 Å². The van der Waals surface area contributed by atoms with Crippen LogP contribution >= 0.6 is 0 Å². The summed E-state index contributed by atoms with van der Waals surface area (Å²) in [5, 5.41) is 7.25. The van der Waals surface area contributed by atoms with Crippen molar-refractivity contribution in [3.63, 3.8) is 0 Å². The van der Waals surface area contributed by atoms with E-state index in [-0.39, 0.29) is 24.4 Å². The van der Waals surface area contributed by atoms with Gasteiger partial charge in [0.2, 0.25) is 0 Å². The van der Waals surface area contributed by atoms with E-state index < -0.39 is 12.5 Å². The van der Waals surface area contributed by atoms with Crippen molar-refractivity contribution in [1.82, 2.24) is 25.9 Å². The fourth-order valence-electron chi connectivity index (χ4n) is 5.86. The molecule has 0 aromatic heterocycles. The lowest BCUT2D eigenvalue weighted by atomic mass is 9.86. The molecule has 3 N–H and O–H groups in total. The summed E-state index contributed by atoms with van der Waals surface area (Å²) in [6, 6.07) is 0.257. The summed E-state index contributed by atoms with van der Waals surface area (Å²) in [7, 11) is 4.20. The summed E-state index contributed by atoms with van der Waals surface area (Å²) in [5.74, 6) is 0.715. The summed E-state index contributed by atoms with van der Waals surface area (Å²) < 4.78 is 42.2. The lowest BCUT2D eigenvalue weighted by Gasteiger charge is -2.36. The molecule has 7 nitrogen and oxygen atoms in total. The van der Waals surface area contributed by atoms with Crippen LogP contribution in [0.15, 0.2) is 0 Å². The van der Waals surface area contributed by atoms with E-state index in [2.05, 4.69) is 44.7 Å². The minimum Gasteiger partial charge on any atom is -0.301 e. The number of rotatable bonds is 6. The Morgan fingerprint density at radius 1 is 1.10 bits per heavy atom. The molecule has 6 unspecified atom stereocenters. The van der Waals surface area contributed by atoms with Gasteiger partial charge in [0, 0.05) is 19.0 Å². The van der Waals surface area contributed by atoms with Crippen molar-refractivity contribution in [2.24, 2.45) is 11.8 Å². The number of hydrogen-bond acceptors (Lipinski definition) is 7. The highest BCUT2D eigenvalue weighted by Crippen LogP contribution is 2.34. The summed E-state index contributed by atoms with van der Waals surface area (Å²) >= 11 is 0. The van der Waals surface area contributed by atoms with Crippen LogP contribution in [-0.4, -0.2) is 80.6 Å². The van der Waals surface area contributed by atoms with Gasteiger partial charge in [0.05, 0.1) is 24.5 Å². The molecule has 1 aliphatic carbocycles. The third-order valence-corrected chi connectivity index (χ3v) is 7.48. The van der Waals surface area contributed by atoms with Gasteiger partial charge in [-0.15, -0.1) is 13.2 Å². The average Bonchev–Trinajstić information content (AvgIpc) is 3.36. The third-order valence-electron chi connectivity index (χ3n) is 7.48. The zero-order valence-corrected chi connectivity index (χ0v) is 18.7. The number of hydroxylamine groups is 1. The van der Waals surface area contributed by atoms with E-state index in [1.807, 2.05) is 0 Å². The van der Waals surface area contributed by atoms with Crippen LogP contribution in [0.1, 0.15) is 51.4 Å². The van der Waals surface area contributed by atoms with Crippen molar-refractivity contribution in [1.29, 1.82) is 0 Å². The molecule has 0 amide bonds. The molecule has 0 bridgehead atoms. The second-order valence-corrected chi connectivity index (χ2v) is 9.95. The quantitative estimate of drug-likeness (QED) is 0.575. The van der Waals surface area contributed by atoms with E-state index in [0.29, 0.717) is 24.9 Å². The highest BCUT2D eigenvalue weighted by Gasteiger charge is 2.42. The van der Waals surface area contributed by atoms with Gasteiger partial charge in [-0.3, -0.25) is 24.7 Å². The maximum absolute atomic E-state index is 12.6. The lowest BCUT2D eigenvalue weighted by Crippen LogP contribution is -2.54. The predicted molar refractivity (Wildman–Crippen MR) is 111 cm³/mol. The van der Waals surface area contributed by atoms with Crippen LogP contribution < -0.4 is 16.1 Å². The molecule has 7 atom stereocenters. The zero-order chi connectivity index (χ0) is 22.0. The highest BCUT2D eigenvalue weighted by molar-refractivity contribution is 4.92. The number of likely N-dealkylation sites (tertiary alicyclic amines) is 1. The Bertz CT molecular complexity index is 574. The van der Waals surface area contributed by atoms with Gasteiger partial charge in [0.15, 0.2) is 0 Å². The fraction of sp³-hybridized carbons (Fsp3) is 1.00. The molecule has 1 saturated carbocycles. The SMILES string of the molecule is CN(C)C1CCC(C2NOC([C@H]3CCCN3CC3CCCC(OC(F)(F)F)C3)N2)CN1. The van der Waals surface area contributed by atoms with Crippen LogP contribution in [0.25, 0.3) is 0 Å². The molecule has 180 valence electrons. The Labute approximate surface area is 183 Å².